The van der Waals surface area contributed by atoms with Gasteiger partial charge < -0.3 is 15.4 Å². The molecule has 1 aromatic rings. The van der Waals surface area contributed by atoms with Crippen LogP contribution in [-0.4, -0.2) is 52.4 Å². The zero-order valence-electron chi connectivity index (χ0n) is 14.1. The van der Waals surface area contributed by atoms with E-state index in [1.807, 2.05) is 0 Å². The van der Waals surface area contributed by atoms with Crippen LogP contribution in [0.25, 0.3) is 0 Å². The smallest absolute Gasteiger partial charge is 0.326 e. The first-order chi connectivity index (χ1) is 12.8. The highest BCUT2D eigenvalue weighted by atomic mass is 35.5. The minimum absolute atomic E-state index is 0.0689. The van der Waals surface area contributed by atoms with Gasteiger partial charge in [0.2, 0.25) is 0 Å². The van der Waals surface area contributed by atoms with Crippen LogP contribution in [0.15, 0.2) is 12.3 Å². The zero-order chi connectivity index (χ0) is 19.6. The van der Waals surface area contributed by atoms with Gasteiger partial charge >= 0.3 is 12.0 Å². The summed E-state index contributed by atoms with van der Waals surface area (Å²) in [7, 11) is 0. The highest BCUT2D eigenvalue weighted by molar-refractivity contribution is 6.36. The number of nitrogens with one attached hydrogen (secondary N) is 2. The van der Waals surface area contributed by atoms with Crippen molar-refractivity contribution < 1.29 is 23.9 Å². The largest absolute Gasteiger partial charge is 0.454 e. The molecule has 27 heavy (non-hydrogen) atoms. The summed E-state index contributed by atoms with van der Waals surface area (Å²) in [6.07, 6.45) is 4.09. The number of esters is 1. The number of rotatable bonds is 5. The number of aromatic nitrogens is 1. The first-order valence-electron chi connectivity index (χ1n) is 8.21. The molecular weight excluding hydrogens is 399 g/mol. The molecule has 4 amide bonds. The van der Waals surface area contributed by atoms with Crippen molar-refractivity contribution >= 4 is 52.8 Å². The average Bonchev–Trinajstić information content (AvgIpc) is 3.17. The number of carbonyl (C=O) groups excluding carboxylic acids is 4. The molecule has 3 rings (SSSR count). The maximum Gasteiger partial charge on any atom is 0.326 e. The third-order valence-corrected chi connectivity index (χ3v) is 4.91. The van der Waals surface area contributed by atoms with E-state index in [1.165, 1.54) is 12.3 Å². The predicted molar refractivity (Wildman–Crippen MR) is 95.3 cm³/mol. The van der Waals surface area contributed by atoms with Crippen LogP contribution in [0.4, 0.5) is 10.6 Å². The van der Waals surface area contributed by atoms with Crippen LogP contribution in [0.3, 0.4) is 0 Å². The van der Waals surface area contributed by atoms with E-state index in [0.29, 0.717) is 17.9 Å². The summed E-state index contributed by atoms with van der Waals surface area (Å²) in [5.74, 6) is -1.91. The topological polar surface area (TPSA) is 118 Å². The Balaban J connectivity index is 1.50. The van der Waals surface area contributed by atoms with Gasteiger partial charge in [-0.2, -0.15) is 0 Å². The number of urea groups is 1. The summed E-state index contributed by atoms with van der Waals surface area (Å²) in [4.78, 5) is 52.9. The minimum atomic E-state index is -0.897. The van der Waals surface area contributed by atoms with E-state index in [-0.39, 0.29) is 10.8 Å². The predicted octanol–water partition coefficient (Wildman–Crippen LogP) is 1.73. The van der Waals surface area contributed by atoms with Gasteiger partial charge in [0, 0.05) is 6.20 Å². The summed E-state index contributed by atoms with van der Waals surface area (Å²) in [5.41, 5.74) is -0.897. The summed E-state index contributed by atoms with van der Waals surface area (Å²) in [6, 6.07) is 0.772. The van der Waals surface area contributed by atoms with Crippen LogP contribution in [0.2, 0.25) is 10.0 Å². The molecule has 1 aromatic heterocycles. The molecule has 2 fully saturated rings. The Labute approximate surface area is 164 Å². The van der Waals surface area contributed by atoms with E-state index in [0.717, 1.165) is 17.7 Å². The molecule has 1 saturated carbocycles. The van der Waals surface area contributed by atoms with Gasteiger partial charge in [0.25, 0.3) is 11.8 Å². The number of hydrogen-bond acceptors (Lipinski definition) is 6. The van der Waals surface area contributed by atoms with Crippen molar-refractivity contribution in [2.75, 3.05) is 18.5 Å². The van der Waals surface area contributed by atoms with E-state index >= 15 is 0 Å². The normalized spacial score (nSPS) is 17.9. The molecular formula is C16H16Cl2N4O5. The molecule has 11 heteroatoms. The summed E-state index contributed by atoms with van der Waals surface area (Å²) in [5, 5.41) is 5.46. The number of pyridine rings is 1. The lowest BCUT2D eigenvalue weighted by molar-refractivity contribution is -0.150. The van der Waals surface area contributed by atoms with Crippen molar-refractivity contribution in [3.63, 3.8) is 0 Å². The van der Waals surface area contributed by atoms with E-state index in [4.69, 9.17) is 27.9 Å². The fraction of sp³-hybridized carbons (Fsp3) is 0.438. The van der Waals surface area contributed by atoms with E-state index in [9.17, 15) is 19.2 Å². The van der Waals surface area contributed by atoms with Crippen molar-refractivity contribution in [1.29, 1.82) is 0 Å². The number of ether oxygens (including phenoxy) is 1. The number of hydrogen-bond donors (Lipinski definition) is 2. The Kier molecular flexibility index (Phi) is 5.52. The first kappa shape index (κ1) is 19.4. The molecule has 2 aliphatic rings. The second-order valence-electron chi connectivity index (χ2n) is 6.30. The van der Waals surface area contributed by atoms with Crippen LogP contribution < -0.4 is 10.6 Å². The lowest BCUT2D eigenvalue weighted by atomic mass is 9.98. The maximum absolute atomic E-state index is 12.4. The van der Waals surface area contributed by atoms with Crippen LogP contribution in [0.1, 0.15) is 25.7 Å². The third-order valence-electron chi connectivity index (χ3n) is 4.42. The quantitative estimate of drug-likeness (QED) is 0.559. The summed E-state index contributed by atoms with van der Waals surface area (Å²) >= 11 is 11.6. The molecule has 0 atom stereocenters. The standard InChI is InChI=1S/C16H16Cl2N4O5/c17-9-5-10(18)13(19-6-9)20-11(23)8-27-12(24)7-22-14(25)16(21-15(22)26)3-1-2-4-16/h5-6H,1-4,7-8H2,(H,21,26)(H,19,20,23). The van der Waals surface area contributed by atoms with Gasteiger partial charge in [-0.15, -0.1) is 0 Å². The molecule has 1 saturated heterocycles. The van der Waals surface area contributed by atoms with E-state index < -0.39 is 42.5 Å². The SMILES string of the molecule is O=C(COC(=O)CN1C(=O)NC2(CCCC2)C1=O)Nc1ncc(Cl)cc1Cl. The number of carbonyl (C=O) groups is 4. The number of halogens is 2. The second-order valence-corrected chi connectivity index (χ2v) is 7.15. The Morgan fingerprint density at radius 1 is 1.30 bits per heavy atom. The molecule has 144 valence electrons. The minimum Gasteiger partial charge on any atom is -0.454 e. The van der Waals surface area contributed by atoms with Gasteiger partial charge in [0.05, 0.1) is 10.0 Å². The molecule has 9 nitrogen and oxygen atoms in total. The Morgan fingerprint density at radius 2 is 2.00 bits per heavy atom. The van der Waals surface area contributed by atoms with Gasteiger partial charge in [-0.1, -0.05) is 36.0 Å². The Hall–Kier alpha value is -2.39. The Morgan fingerprint density at radius 3 is 2.67 bits per heavy atom. The Bertz CT molecular complexity index is 810. The van der Waals surface area contributed by atoms with Crippen LogP contribution in [0, 0.1) is 0 Å². The molecule has 0 unspecified atom stereocenters. The fourth-order valence-corrected chi connectivity index (χ4v) is 3.56. The first-order valence-corrected chi connectivity index (χ1v) is 8.97. The lowest BCUT2D eigenvalue weighted by Gasteiger charge is -2.19. The molecule has 1 aliphatic carbocycles. The molecule has 1 spiro atoms. The fourth-order valence-electron chi connectivity index (χ4n) is 3.13. The third kappa shape index (κ3) is 4.14. The van der Waals surface area contributed by atoms with Crippen molar-refractivity contribution in [2.45, 2.75) is 31.2 Å². The van der Waals surface area contributed by atoms with Crippen molar-refractivity contribution in [3.8, 4) is 0 Å². The zero-order valence-corrected chi connectivity index (χ0v) is 15.6. The number of imide groups is 1. The molecule has 2 N–H and O–H groups in total. The van der Waals surface area contributed by atoms with Gasteiger partial charge in [0.1, 0.15) is 12.1 Å². The monoisotopic (exact) mass is 414 g/mol. The van der Waals surface area contributed by atoms with Gasteiger partial charge in [-0.3, -0.25) is 19.3 Å². The summed E-state index contributed by atoms with van der Waals surface area (Å²) < 4.78 is 4.83. The van der Waals surface area contributed by atoms with Gasteiger partial charge in [-0.25, -0.2) is 9.78 Å². The van der Waals surface area contributed by atoms with Crippen molar-refractivity contribution in [1.82, 2.24) is 15.2 Å². The average molecular weight is 415 g/mol. The van der Waals surface area contributed by atoms with Crippen molar-refractivity contribution in [3.05, 3.63) is 22.3 Å². The second kappa shape index (κ2) is 7.69. The molecule has 0 bridgehead atoms. The molecule has 0 radical (unpaired) electrons. The van der Waals surface area contributed by atoms with E-state index in [1.54, 1.807) is 0 Å². The molecule has 2 heterocycles. The van der Waals surface area contributed by atoms with Gasteiger partial charge in [-0.05, 0) is 18.9 Å². The number of anilines is 1. The van der Waals surface area contributed by atoms with Crippen LogP contribution in [-0.2, 0) is 19.1 Å². The molecule has 0 aromatic carbocycles. The summed E-state index contributed by atoms with van der Waals surface area (Å²) in [6.45, 7) is -1.17. The number of amides is 4. The van der Waals surface area contributed by atoms with Crippen molar-refractivity contribution in [2.24, 2.45) is 0 Å². The molecule has 1 aliphatic heterocycles. The maximum atomic E-state index is 12.4. The van der Waals surface area contributed by atoms with Crippen LogP contribution >= 0.6 is 23.2 Å². The van der Waals surface area contributed by atoms with Gasteiger partial charge in [0.15, 0.2) is 12.4 Å². The van der Waals surface area contributed by atoms with E-state index in [2.05, 4.69) is 15.6 Å². The highest BCUT2D eigenvalue weighted by Crippen LogP contribution is 2.34. The number of nitrogens with zero attached hydrogens (tertiary/aromatic N) is 2. The highest BCUT2D eigenvalue weighted by Gasteiger charge is 2.52. The lowest BCUT2D eigenvalue weighted by Crippen LogP contribution is -2.44. The van der Waals surface area contributed by atoms with Crippen LogP contribution in [0.5, 0.6) is 0 Å².